The summed E-state index contributed by atoms with van der Waals surface area (Å²) < 4.78 is 11.0. The van der Waals surface area contributed by atoms with E-state index in [9.17, 15) is 20.4 Å². The first-order valence-electron chi connectivity index (χ1n) is 7.41. The Labute approximate surface area is 129 Å². The number of rotatable bonds is 3. The van der Waals surface area contributed by atoms with Crippen LogP contribution in [0.3, 0.4) is 0 Å². The van der Waals surface area contributed by atoms with Crippen LogP contribution in [0.2, 0.25) is 0 Å². The molecule has 2 aliphatic rings. The van der Waals surface area contributed by atoms with Gasteiger partial charge in [0, 0.05) is 12.1 Å². The van der Waals surface area contributed by atoms with E-state index in [1.165, 1.54) is 6.92 Å². The Kier molecular flexibility index (Phi) is 5.42. The SMILES string of the molecule is CNC1C(O)C(OC2C(N)CC(N)C(O)C2O)OC[C@]1(C)O. The number of hydrogen-bond donors (Lipinski definition) is 7. The van der Waals surface area contributed by atoms with Gasteiger partial charge in [-0.2, -0.15) is 0 Å². The molecule has 130 valence electrons. The third-order valence-corrected chi connectivity index (χ3v) is 4.52. The fourth-order valence-electron chi connectivity index (χ4n) is 3.19. The molecular formula is C13H27N3O6. The van der Waals surface area contributed by atoms with Crippen LogP contribution in [0, 0.1) is 0 Å². The van der Waals surface area contributed by atoms with Gasteiger partial charge in [-0.1, -0.05) is 0 Å². The molecule has 22 heavy (non-hydrogen) atoms. The van der Waals surface area contributed by atoms with Gasteiger partial charge in [0.05, 0.1) is 18.8 Å². The number of aliphatic hydroxyl groups is 4. The Hall–Kier alpha value is -0.360. The first-order chi connectivity index (χ1) is 10.2. The Balaban J connectivity index is 2.07. The molecule has 2 fully saturated rings. The van der Waals surface area contributed by atoms with Gasteiger partial charge in [0.15, 0.2) is 6.29 Å². The van der Waals surface area contributed by atoms with E-state index >= 15 is 0 Å². The monoisotopic (exact) mass is 321 g/mol. The van der Waals surface area contributed by atoms with Gasteiger partial charge >= 0.3 is 0 Å². The first-order valence-corrected chi connectivity index (χ1v) is 7.41. The zero-order valence-corrected chi connectivity index (χ0v) is 12.8. The molecule has 0 aromatic rings. The highest BCUT2D eigenvalue weighted by molar-refractivity contribution is 5.00. The van der Waals surface area contributed by atoms with Crippen molar-refractivity contribution in [3.05, 3.63) is 0 Å². The topological polar surface area (TPSA) is 163 Å². The normalized spacial score (nSPS) is 53.5. The molecule has 0 amide bonds. The summed E-state index contributed by atoms with van der Waals surface area (Å²) in [7, 11) is 1.61. The second kappa shape index (κ2) is 6.63. The van der Waals surface area contributed by atoms with Crippen molar-refractivity contribution in [3.63, 3.8) is 0 Å². The maximum atomic E-state index is 10.3. The second-order valence-corrected chi connectivity index (χ2v) is 6.44. The van der Waals surface area contributed by atoms with Crippen LogP contribution in [0.25, 0.3) is 0 Å². The largest absolute Gasteiger partial charge is 0.389 e. The number of nitrogens with one attached hydrogen (secondary N) is 1. The zero-order chi connectivity index (χ0) is 16.7. The maximum absolute atomic E-state index is 10.3. The first kappa shape index (κ1) is 18.0. The van der Waals surface area contributed by atoms with Gasteiger partial charge in [-0.25, -0.2) is 0 Å². The minimum Gasteiger partial charge on any atom is -0.389 e. The summed E-state index contributed by atoms with van der Waals surface area (Å²) in [5.74, 6) is 0. The highest BCUT2D eigenvalue weighted by Gasteiger charge is 2.49. The predicted octanol–water partition coefficient (Wildman–Crippen LogP) is -3.79. The van der Waals surface area contributed by atoms with E-state index < -0.39 is 54.4 Å². The van der Waals surface area contributed by atoms with Crippen molar-refractivity contribution in [3.8, 4) is 0 Å². The Morgan fingerprint density at radius 2 is 1.77 bits per heavy atom. The number of aliphatic hydroxyl groups excluding tert-OH is 3. The standard InChI is InChI=1S/C13H27N3O6/c1-13(20)4-21-12(9(19)11(13)16-2)22-10-6(15)3-5(14)7(17)8(10)18/h5-12,16-20H,3-4,14-15H2,1-2H3/t5?,6?,7?,8?,9?,10?,11?,12?,13-/m0/s1. The Bertz CT molecular complexity index is 385. The highest BCUT2D eigenvalue weighted by Crippen LogP contribution is 2.28. The molecule has 1 aliphatic carbocycles. The molecule has 0 radical (unpaired) electrons. The molecule has 0 spiro atoms. The second-order valence-electron chi connectivity index (χ2n) is 6.44. The van der Waals surface area contributed by atoms with E-state index in [0.29, 0.717) is 0 Å². The minimum absolute atomic E-state index is 0.0552. The van der Waals surface area contributed by atoms with Crippen LogP contribution in [0.15, 0.2) is 0 Å². The van der Waals surface area contributed by atoms with E-state index in [0.717, 1.165) is 0 Å². The van der Waals surface area contributed by atoms with Crippen molar-refractivity contribution >= 4 is 0 Å². The fraction of sp³-hybridized carbons (Fsp3) is 1.00. The molecule has 9 heteroatoms. The predicted molar refractivity (Wildman–Crippen MR) is 76.7 cm³/mol. The van der Waals surface area contributed by atoms with Crippen LogP contribution < -0.4 is 16.8 Å². The fourth-order valence-corrected chi connectivity index (χ4v) is 3.19. The molecule has 9 N–H and O–H groups in total. The van der Waals surface area contributed by atoms with Gasteiger partial charge in [-0.3, -0.25) is 0 Å². The van der Waals surface area contributed by atoms with Crippen LogP contribution in [-0.2, 0) is 9.47 Å². The van der Waals surface area contributed by atoms with Crippen molar-refractivity contribution in [2.75, 3.05) is 13.7 Å². The average molecular weight is 321 g/mol. The smallest absolute Gasteiger partial charge is 0.185 e. The molecule has 9 nitrogen and oxygen atoms in total. The van der Waals surface area contributed by atoms with Crippen molar-refractivity contribution < 1.29 is 29.9 Å². The van der Waals surface area contributed by atoms with Crippen molar-refractivity contribution in [2.24, 2.45) is 11.5 Å². The average Bonchev–Trinajstić information content (AvgIpc) is 2.43. The Morgan fingerprint density at radius 3 is 2.36 bits per heavy atom. The van der Waals surface area contributed by atoms with Crippen LogP contribution in [0.4, 0.5) is 0 Å². The van der Waals surface area contributed by atoms with Crippen molar-refractivity contribution in [1.82, 2.24) is 5.32 Å². The molecule has 1 heterocycles. The lowest BCUT2D eigenvalue weighted by molar-refractivity contribution is -0.296. The summed E-state index contributed by atoms with van der Waals surface area (Å²) in [4.78, 5) is 0. The Morgan fingerprint density at radius 1 is 1.14 bits per heavy atom. The molecule has 1 saturated carbocycles. The van der Waals surface area contributed by atoms with Crippen LogP contribution in [0.1, 0.15) is 13.3 Å². The lowest BCUT2D eigenvalue weighted by Gasteiger charge is -2.47. The lowest BCUT2D eigenvalue weighted by Crippen LogP contribution is -2.68. The molecule has 8 unspecified atom stereocenters. The molecule has 2 rings (SSSR count). The van der Waals surface area contributed by atoms with Crippen LogP contribution in [-0.4, -0.2) is 88.5 Å². The van der Waals surface area contributed by atoms with E-state index in [4.69, 9.17) is 20.9 Å². The van der Waals surface area contributed by atoms with Gasteiger partial charge in [0.25, 0.3) is 0 Å². The van der Waals surface area contributed by atoms with Crippen molar-refractivity contribution in [1.29, 1.82) is 0 Å². The minimum atomic E-state index is -1.27. The maximum Gasteiger partial charge on any atom is 0.185 e. The molecule has 0 aromatic heterocycles. The summed E-state index contributed by atoms with van der Waals surface area (Å²) in [5.41, 5.74) is 10.4. The zero-order valence-electron chi connectivity index (χ0n) is 12.8. The third kappa shape index (κ3) is 3.28. The van der Waals surface area contributed by atoms with E-state index in [-0.39, 0.29) is 13.0 Å². The van der Waals surface area contributed by atoms with Crippen LogP contribution in [0.5, 0.6) is 0 Å². The van der Waals surface area contributed by atoms with E-state index in [2.05, 4.69) is 5.32 Å². The number of likely N-dealkylation sites (N-methyl/N-ethyl adjacent to an activating group) is 1. The van der Waals surface area contributed by atoms with Crippen LogP contribution >= 0.6 is 0 Å². The van der Waals surface area contributed by atoms with Crippen molar-refractivity contribution in [2.45, 2.75) is 67.8 Å². The number of nitrogens with two attached hydrogens (primary N) is 2. The number of hydrogen-bond acceptors (Lipinski definition) is 9. The summed E-state index contributed by atoms with van der Waals surface area (Å²) in [6.45, 7) is 1.48. The summed E-state index contributed by atoms with van der Waals surface area (Å²) in [5, 5.41) is 43.2. The quantitative estimate of drug-likeness (QED) is 0.276. The summed E-state index contributed by atoms with van der Waals surface area (Å²) in [6.07, 6.45) is -5.32. The van der Waals surface area contributed by atoms with Gasteiger partial charge in [0.1, 0.15) is 23.9 Å². The van der Waals surface area contributed by atoms with Gasteiger partial charge in [-0.15, -0.1) is 0 Å². The van der Waals surface area contributed by atoms with E-state index in [1.807, 2.05) is 0 Å². The molecule has 1 aliphatic heterocycles. The number of ether oxygens (including phenoxy) is 2. The third-order valence-electron chi connectivity index (χ3n) is 4.52. The van der Waals surface area contributed by atoms with Gasteiger partial charge in [-0.05, 0) is 20.4 Å². The lowest BCUT2D eigenvalue weighted by atomic mass is 9.84. The summed E-state index contributed by atoms with van der Waals surface area (Å²) in [6, 6.07) is -1.90. The molecule has 1 saturated heterocycles. The highest BCUT2D eigenvalue weighted by atomic mass is 16.7. The molecule has 0 aromatic carbocycles. The van der Waals surface area contributed by atoms with Gasteiger partial charge in [0.2, 0.25) is 0 Å². The molecule has 0 bridgehead atoms. The molecular weight excluding hydrogens is 294 g/mol. The van der Waals surface area contributed by atoms with Gasteiger partial charge < -0.3 is 46.7 Å². The molecule has 9 atom stereocenters. The van der Waals surface area contributed by atoms with E-state index in [1.54, 1.807) is 7.05 Å². The summed E-state index contributed by atoms with van der Waals surface area (Å²) >= 11 is 0.